The molecule has 0 unspecified atom stereocenters. The van der Waals surface area contributed by atoms with Crippen LogP contribution in [0.2, 0.25) is 0 Å². The van der Waals surface area contributed by atoms with Crippen LogP contribution in [0.25, 0.3) is 10.9 Å². The summed E-state index contributed by atoms with van der Waals surface area (Å²) in [5.74, 6) is -0.758. The minimum Gasteiger partial charge on any atom is -0.467 e. The van der Waals surface area contributed by atoms with Crippen molar-refractivity contribution in [1.82, 2.24) is 10.3 Å². The number of hydrogen-bond donors (Lipinski definition) is 2. The quantitative estimate of drug-likeness (QED) is 0.623. The topological polar surface area (TPSA) is 71.2 Å². The standard InChI is InChI=1S/C16H22BN3O3/c1-20(2,3)17-16(22)19-14(15(21)23-4)9-11-10-18-13-8-6-5-7-12(11)13/h5-8,10,14,18H,9H2,1-4H3,(H,19,22)/q+1/t14-/m0/s1. The van der Waals surface area contributed by atoms with E-state index in [1.54, 1.807) is 0 Å². The number of carbonyl (C=O) groups is 2. The van der Waals surface area contributed by atoms with Gasteiger partial charge < -0.3 is 19.4 Å². The van der Waals surface area contributed by atoms with E-state index in [9.17, 15) is 9.59 Å². The van der Waals surface area contributed by atoms with E-state index in [1.165, 1.54) is 14.5 Å². The van der Waals surface area contributed by atoms with Gasteiger partial charge in [-0.15, -0.1) is 0 Å². The summed E-state index contributed by atoms with van der Waals surface area (Å²) in [6, 6.07) is 7.11. The molecule has 0 aliphatic heterocycles. The maximum Gasteiger partial charge on any atom is 0.551 e. The summed E-state index contributed by atoms with van der Waals surface area (Å²) in [4.78, 5) is 27.3. The highest BCUT2D eigenvalue weighted by Gasteiger charge is 2.28. The van der Waals surface area contributed by atoms with E-state index in [0.717, 1.165) is 16.5 Å². The van der Waals surface area contributed by atoms with E-state index in [1.807, 2.05) is 51.6 Å². The molecule has 1 radical (unpaired) electrons. The van der Waals surface area contributed by atoms with E-state index >= 15 is 0 Å². The lowest BCUT2D eigenvalue weighted by molar-refractivity contribution is -0.753. The fourth-order valence-corrected chi connectivity index (χ4v) is 2.42. The van der Waals surface area contributed by atoms with Gasteiger partial charge in [-0.25, -0.2) is 4.79 Å². The zero-order chi connectivity index (χ0) is 17.0. The largest absolute Gasteiger partial charge is 0.551 e. The van der Waals surface area contributed by atoms with Crippen LogP contribution in [0.5, 0.6) is 0 Å². The van der Waals surface area contributed by atoms with Crippen LogP contribution < -0.4 is 5.32 Å². The highest BCUT2D eigenvalue weighted by molar-refractivity contribution is 6.67. The lowest BCUT2D eigenvalue weighted by Gasteiger charge is -2.23. The van der Waals surface area contributed by atoms with Gasteiger partial charge in [-0.1, -0.05) is 18.2 Å². The van der Waals surface area contributed by atoms with Crippen LogP contribution in [-0.4, -0.2) is 62.9 Å². The molecule has 1 atom stereocenters. The van der Waals surface area contributed by atoms with E-state index in [0.29, 0.717) is 10.8 Å². The third kappa shape index (κ3) is 4.59. The molecule has 0 spiro atoms. The van der Waals surface area contributed by atoms with Crippen LogP contribution in [0, 0.1) is 0 Å². The molecule has 0 bridgehead atoms. The van der Waals surface area contributed by atoms with Gasteiger partial charge in [-0.05, 0) is 11.6 Å². The number of ether oxygens (including phenoxy) is 1. The van der Waals surface area contributed by atoms with Crippen molar-refractivity contribution in [3.63, 3.8) is 0 Å². The van der Waals surface area contributed by atoms with Crippen molar-refractivity contribution in [1.29, 1.82) is 0 Å². The summed E-state index contributed by atoms with van der Waals surface area (Å²) < 4.78 is 5.19. The predicted molar refractivity (Wildman–Crippen MR) is 90.1 cm³/mol. The fraction of sp³-hybridized carbons (Fsp3) is 0.375. The number of para-hydroxylation sites is 1. The molecule has 0 saturated heterocycles. The molecule has 1 aromatic carbocycles. The fourth-order valence-electron chi connectivity index (χ4n) is 2.42. The Morgan fingerprint density at radius 3 is 2.65 bits per heavy atom. The van der Waals surface area contributed by atoms with Gasteiger partial charge >= 0.3 is 13.4 Å². The van der Waals surface area contributed by atoms with Crippen LogP contribution in [0.4, 0.5) is 4.79 Å². The first kappa shape index (κ1) is 17.1. The molecule has 7 heteroatoms. The third-order valence-electron chi connectivity index (χ3n) is 3.41. The maximum atomic E-state index is 12.1. The Balaban J connectivity index is 2.16. The molecule has 121 valence electrons. The number of benzene rings is 1. The van der Waals surface area contributed by atoms with Crippen LogP contribution in [-0.2, 0) is 16.0 Å². The zero-order valence-corrected chi connectivity index (χ0v) is 13.9. The SMILES string of the molecule is COC(=O)[C@H](Cc1c[nH]c2ccccc12)NC(=O)[B][N+](C)(C)C. The molecule has 1 aromatic heterocycles. The Morgan fingerprint density at radius 2 is 2.00 bits per heavy atom. The van der Waals surface area contributed by atoms with E-state index in [4.69, 9.17) is 4.74 Å². The normalized spacial score (nSPS) is 12.7. The number of hydrogen-bond acceptors (Lipinski definition) is 3. The molecule has 0 aliphatic carbocycles. The summed E-state index contributed by atoms with van der Waals surface area (Å²) in [7, 11) is 8.43. The van der Waals surface area contributed by atoms with E-state index in [-0.39, 0.29) is 5.81 Å². The first-order valence-electron chi connectivity index (χ1n) is 7.40. The Kier molecular flexibility index (Phi) is 5.10. The van der Waals surface area contributed by atoms with Gasteiger partial charge in [0.05, 0.1) is 7.11 Å². The summed E-state index contributed by atoms with van der Waals surface area (Å²) in [5, 5.41) is 3.76. The number of methoxy groups -OCH3 is 1. The highest BCUT2D eigenvalue weighted by atomic mass is 16.5. The average molecular weight is 315 g/mol. The summed E-state index contributed by atoms with van der Waals surface area (Å²) in [6.07, 6.45) is 2.23. The molecular formula is C16H22BN3O3+. The van der Waals surface area contributed by atoms with Crippen molar-refractivity contribution >= 4 is 30.1 Å². The molecule has 2 rings (SSSR count). The molecule has 1 amide bonds. The molecule has 0 fully saturated rings. The number of carbonyl (C=O) groups excluding carboxylic acids is 2. The molecule has 2 aromatic rings. The number of esters is 1. The summed E-state index contributed by atoms with van der Waals surface area (Å²) in [5.41, 5.74) is 1.96. The minimum absolute atomic E-state index is 0.298. The van der Waals surface area contributed by atoms with Crippen molar-refractivity contribution in [3.05, 3.63) is 36.0 Å². The average Bonchev–Trinajstić information content (AvgIpc) is 2.87. The van der Waals surface area contributed by atoms with Crippen LogP contribution in [0.15, 0.2) is 30.5 Å². The van der Waals surface area contributed by atoms with Gasteiger partial charge in [0.25, 0.3) is 5.81 Å². The second kappa shape index (κ2) is 6.87. The Hall–Kier alpha value is -2.28. The number of nitrogens with zero attached hydrogens (tertiary/aromatic N) is 1. The summed E-state index contributed by atoms with van der Waals surface area (Å²) in [6.45, 7) is 0. The first-order chi connectivity index (χ1) is 10.8. The molecule has 2 N–H and O–H groups in total. The van der Waals surface area contributed by atoms with Gasteiger partial charge in [-0.2, -0.15) is 0 Å². The van der Waals surface area contributed by atoms with Crippen molar-refractivity contribution in [2.75, 3.05) is 28.3 Å². The monoisotopic (exact) mass is 315 g/mol. The molecule has 0 saturated carbocycles. The second-order valence-electron chi connectivity index (χ2n) is 6.39. The third-order valence-corrected chi connectivity index (χ3v) is 3.41. The van der Waals surface area contributed by atoms with Gasteiger partial charge in [0.15, 0.2) is 0 Å². The predicted octanol–water partition coefficient (Wildman–Crippen LogP) is 1.29. The number of rotatable bonds is 6. The van der Waals surface area contributed by atoms with E-state index in [2.05, 4.69) is 10.3 Å². The van der Waals surface area contributed by atoms with Crippen molar-refractivity contribution in [2.45, 2.75) is 12.5 Å². The Bertz CT molecular complexity index is 706. The lowest BCUT2D eigenvalue weighted by atomic mass is 9.87. The van der Waals surface area contributed by atoms with E-state index < -0.39 is 12.0 Å². The number of aromatic nitrogens is 1. The van der Waals surface area contributed by atoms with Gasteiger partial charge in [0.2, 0.25) is 0 Å². The first-order valence-corrected chi connectivity index (χ1v) is 7.40. The van der Waals surface area contributed by atoms with Crippen LogP contribution in [0.1, 0.15) is 5.56 Å². The van der Waals surface area contributed by atoms with Crippen LogP contribution in [0.3, 0.4) is 0 Å². The maximum absolute atomic E-state index is 12.1. The molecule has 6 nitrogen and oxygen atoms in total. The number of H-pyrrole nitrogens is 1. The van der Waals surface area contributed by atoms with Gasteiger partial charge in [-0.3, -0.25) is 4.79 Å². The Labute approximate surface area is 136 Å². The minimum atomic E-state index is -0.727. The molecular weight excluding hydrogens is 293 g/mol. The smallest absolute Gasteiger partial charge is 0.467 e. The van der Waals surface area contributed by atoms with Crippen molar-refractivity contribution in [3.8, 4) is 0 Å². The van der Waals surface area contributed by atoms with Crippen molar-refractivity contribution < 1.29 is 18.7 Å². The number of quaternary nitrogens is 1. The molecule has 1 heterocycles. The number of amides is 1. The van der Waals surface area contributed by atoms with Gasteiger partial charge in [0, 0.05) is 44.7 Å². The van der Waals surface area contributed by atoms with Crippen LogP contribution >= 0.6 is 0 Å². The van der Waals surface area contributed by atoms with Crippen molar-refractivity contribution in [2.24, 2.45) is 0 Å². The van der Waals surface area contributed by atoms with Gasteiger partial charge in [0.1, 0.15) is 6.04 Å². The number of fused-ring (bicyclic) bond motifs is 1. The summed E-state index contributed by atoms with van der Waals surface area (Å²) >= 11 is 0. The zero-order valence-electron chi connectivity index (χ0n) is 13.9. The second-order valence-corrected chi connectivity index (χ2v) is 6.39. The number of nitrogens with one attached hydrogen (secondary N) is 2. The Morgan fingerprint density at radius 1 is 1.30 bits per heavy atom. The number of aromatic amines is 1. The molecule has 23 heavy (non-hydrogen) atoms. The highest BCUT2D eigenvalue weighted by Crippen LogP contribution is 2.19. The molecule has 0 aliphatic rings. The lowest BCUT2D eigenvalue weighted by Crippen LogP contribution is -2.51.